The van der Waals surface area contributed by atoms with Gasteiger partial charge in [-0.2, -0.15) is 5.26 Å². The molecule has 1 atom stereocenters. The van der Waals surface area contributed by atoms with Crippen LogP contribution < -0.4 is 0 Å². The second-order valence-electron chi connectivity index (χ2n) is 6.36. The Balaban J connectivity index is 2.62. The van der Waals surface area contributed by atoms with Crippen LogP contribution in [0.4, 0.5) is 0 Å². The van der Waals surface area contributed by atoms with Crippen molar-refractivity contribution in [2.75, 3.05) is 12.9 Å². The summed E-state index contributed by atoms with van der Waals surface area (Å²) in [6.07, 6.45) is 1.94. The minimum absolute atomic E-state index is 0.0595. The van der Waals surface area contributed by atoms with E-state index >= 15 is 0 Å². The van der Waals surface area contributed by atoms with Gasteiger partial charge < -0.3 is 4.74 Å². The van der Waals surface area contributed by atoms with E-state index in [-0.39, 0.29) is 11.4 Å². The SMILES string of the molecule is CCOC(=O)c1c(-c2ccc(C(C)(C)C)cc2)c(C#N)c[s+]1SC. The highest BCUT2D eigenvalue weighted by Gasteiger charge is 2.33. The van der Waals surface area contributed by atoms with E-state index in [4.69, 9.17) is 4.74 Å². The van der Waals surface area contributed by atoms with Crippen molar-refractivity contribution >= 4 is 26.3 Å². The highest BCUT2D eigenvalue weighted by Crippen LogP contribution is 2.45. The molecule has 0 N–H and O–H groups in total. The monoisotopic (exact) mass is 360 g/mol. The average Bonchev–Trinajstić information content (AvgIpc) is 2.93. The number of ether oxygens (including phenoxy) is 1. The van der Waals surface area contributed by atoms with Crippen LogP contribution in [0.3, 0.4) is 0 Å². The normalized spacial score (nSPS) is 11.9. The lowest BCUT2D eigenvalue weighted by atomic mass is 9.86. The predicted molar refractivity (Wildman–Crippen MR) is 103 cm³/mol. The number of rotatable bonds is 4. The maximum atomic E-state index is 12.5. The van der Waals surface area contributed by atoms with Gasteiger partial charge in [-0.3, -0.25) is 0 Å². The van der Waals surface area contributed by atoms with Crippen molar-refractivity contribution in [3.8, 4) is 17.2 Å². The summed E-state index contributed by atoms with van der Waals surface area (Å²) in [7, 11) is 1.11. The van der Waals surface area contributed by atoms with E-state index in [0.717, 1.165) is 5.56 Å². The Bertz CT molecular complexity index is 777. The Labute approximate surface area is 150 Å². The van der Waals surface area contributed by atoms with Crippen molar-refractivity contribution in [1.82, 2.24) is 0 Å². The molecule has 24 heavy (non-hydrogen) atoms. The minimum atomic E-state index is -0.449. The highest BCUT2D eigenvalue weighted by atomic mass is 33.1. The number of esters is 1. The molecule has 0 radical (unpaired) electrons. The van der Waals surface area contributed by atoms with Crippen LogP contribution in [0.2, 0.25) is 0 Å². The van der Waals surface area contributed by atoms with E-state index in [9.17, 15) is 10.1 Å². The van der Waals surface area contributed by atoms with Gasteiger partial charge in [0.05, 0.1) is 21.7 Å². The molecule has 1 unspecified atom stereocenters. The summed E-state index contributed by atoms with van der Waals surface area (Å²) in [5.74, 6) is -0.327. The lowest BCUT2D eigenvalue weighted by Gasteiger charge is -2.19. The molecule has 0 spiro atoms. The van der Waals surface area contributed by atoms with E-state index < -0.39 is 9.50 Å². The molecular formula is C19H22NO2S2+. The van der Waals surface area contributed by atoms with Crippen LogP contribution in [0.15, 0.2) is 29.6 Å². The first-order valence-corrected chi connectivity index (χ1v) is 10.8. The van der Waals surface area contributed by atoms with Gasteiger partial charge in [0.2, 0.25) is 0 Å². The first-order valence-electron chi connectivity index (χ1n) is 7.75. The van der Waals surface area contributed by atoms with Gasteiger partial charge in [0.15, 0.2) is 5.38 Å². The maximum absolute atomic E-state index is 12.5. The fourth-order valence-electron chi connectivity index (χ4n) is 2.47. The molecule has 2 rings (SSSR count). The second kappa shape index (κ2) is 7.42. The van der Waals surface area contributed by atoms with Crippen LogP contribution in [-0.2, 0) is 10.2 Å². The molecule has 0 aliphatic heterocycles. The number of carbonyl (C=O) groups is 1. The Hall–Kier alpha value is -1.77. The third-order valence-electron chi connectivity index (χ3n) is 3.72. The Morgan fingerprint density at radius 1 is 1.29 bits per heavy atom. The molecule has 0 aliphatic carbocycles. The van der Waals surface area contributed by atoms with Crippen molar-refractivity contribution in [2.45, 2.75) is 33.1 Å². The number of nitrogens with zero attached hydrogens (tertiary/aromatic N) is 1. The number of hydrogen-bond acceptors (Lipinski definition) is 4. The average molecular weight is 361 g/mol. The van der Waals surface area contributed by atoms with Crippen molar-refractivity contribution in [3.05, 3.63) is 45.6 Å². The van der Waals surface area contributed by atoms with Crippen molar-refractivity contribution in [3.63, 3.8) is 0 Å². The fourth-order valence-corrected chi connectivity index (χ4v) is 5.41. The molecule has 3 nitrogen and oxygen atoms in total. The minimum Gasteiger partial charge on any atom is -0.459 e. The number of hydrogen-bond donors (Lipinski definition) is 0. The van der Waals surface area contributed by atoms with E-state index in [0.29, 0.717) is 22.6 Å². The van der Waals surface area contributed by atoms with Crippen molar-refractivity contribution < 1.29 is 9.53 Å². The molecule has 0 amide bonds. The van der Waals surface area contributed by atoms with Crippen molar-refractivity contribution in [2.24, 2.45) is 0 Å². The summed E-state index contributed by atoms with van der Waals surface area (Å²) in [5, 5.41) is 11.4. The lowest BCUT2D eigenvalue weighted by Crippen LogP contribution is -2.10. The van der Waals surface area contributed by atoms with Gasteiger partial charge in [-0.05, 0) is 23.5 Å². The van der Waals surface area contributed by atoms with E-state index in [2.05, 4.69) is 39.0 Å². The molecule has 0 saturated heterocycles. The zero-order chi connectivity index (χ0) is 17.9. The molecular weight excluding hydrogens is 338 g/mol. The topological polar surface area (TPSA) is 50.1 Å². The number of carbonyl (C=O) groups excluding carboxylic acids is 1. The zero-order valence-corrected chi connectivity index (χ0v) is 16.3. The largest absolute Gasteiger partial charge is 0.459 e. The van der Waals surface area contributed by atoms with Gasteiger partial charge in [-0.15, -0.1) is 0 Å². The van der Waals surface area contributed by atoms with Gasteiger partial charge in [0.25, 0.3) is 4.88 Å². The number of nitriles is 1. The quantitative estimate of drug-likeness (QED) is 0.406. The predicted octanol–water partition coefficient (Wildman–Crippen LogP) is 5.57. The third kappa shape index (κ3) is 3.66. The molecule has 0 saturated carbocycles. The molecule has 0 bridgehead atoms. The van der Waals surface area contributed by atoms with E-state index in [1.165, 1.54) is 5.56 Å². The van der Waals surface area contributed by atoms with E-state index in [1.54, 1.807) is 17.7 Å². The first kappa shape index (κ1) is 18.6. The molecule has 0 aliphatic rings. The standard InChI is InChI=1S/C19H22NO2S2/c1-6-22-18(21)17-16(14(11-20)12-24(17)23-5)13-7-9-15(10-8-13)19(2,3)4/h7-10,12H,6H2,1-5H3/q+1. The van der Waals surface area contributed by atoms with Gasteiger partial charge in [-0.1, -0.05) is 45.0 Å². The van der Waals surface area contributed by atoms with Crippen LogP contribution in [-0.4, -0.2) is 18.8 Å². The smallest absolute Gasteiger partial charge is 0.393 e. The lowest BCUT2D eigenvalue weighted by molar-refractivity contribution is 0.0533. The zero-order valence-electron chi connectivity index (χ0n) is 14.7. The van der Waals surface area contributed by atoms with Crippen LogP contribution in [0.5, 0.6) is 0 Å². The molecule has 2 aromatic rings. The molecule has 126 valence electrons. The Morgan fingerprint density at radius 3 is 2.38 bits per heavy atom. The summed E-state index contributed by atoms with van der Waals surface area (Å²) in [6.45, 7) is 8.60. The van der Waals surface area contributed by atoms with Crippen LogP contribution in [0.25, 0.3) is 11.1 Å². The molecule has 1 heterocycles. The summed E-state index contributed by atoms with van der Waals surface area (Å²) >= 11 is 0. The summed E-state index contributed by atoms with van der Waals surface area (Å²) in [4.78, 5) is 13.1. The van der Waals surface area contributed by atoms with Gasteiger partial charge in [-0.25, -0.2) is 4.79 Å². The van der Waals surface area contributed by atoms with Gasteiger partial charge in [0, 0.05) is 6.26 Å². The third-order valence-corrected chi connectivity index (χ3v) is 7.17. The molecule has 5 heteroatoms. The maximum Gasteiger partial charge on any atom is 0.393 e. The molecule has 1 aromatic heterocycles. The van der Waals surface area contributed by atoms with Crippen LogP contribution >= 0.6 is 20.3 Å². The molecule has 1 aromatic carbocycles. The second-order valence-corrected chi connectivity index (χ2v) is 10.0. The molecule has 0 fully saturated rings. The highest BCUT2D eigenvalue weighted by molar-refractivity contribution is 8.45. The van der Waals surface area contributed by atoms with E-state index in [1.807, 2.05) is 23.8 Å². The first-order chi connectivity index (χ1) is 11.3. The van der Waals surface area contributed by atoms with Gasteiger partial charge >= 0.3 is 5.97 Å². The van der Waals surface area contributed by atoms with Gasteiger partial charge in [0.1, 0.15) is 22.4 Å². The summed E-state index contributed by atoms with van der Waals surface area (Å²) < 4.78 is 5.23. The Morgan fingerprint density at radius 2 is 1.92 bits per heavy atom. The number of benzene rings is 1. The Kier molecular flexibility index (Phi) is 5.74. The fraction of sp³-hybridized carbons (Fsp3) is 0.368. The number of thiophene rings is 1. The summed E-state index contributed by atoms with van der Waals surface area (Å²) in [6, 6.07) is 10.4. The van der Waals surface area contributed by atoms with Crippen molar-refractivity contribution in [1.29, 1.82) is 5.26 Å². The summed E-state index contributed by atoms with van der Waals surface area (Å²) in [5.41, 5.74) is 3.44. The van der Waals surface area contributed by atoms with Crippen LogP contribution in [0.1, 0.15) is 48.5 Å². The van der Waals surface area contributed by atoms with Crippen LogP contribution in [0, 0.1) is 11.3 Å².